The average Bonchev–Trinajstić information content (AvgIpc) is 3.49. The molecule has 5 nitrogen and oxygen atoms in total. The summed E-state index contributed by atoms with van der Waals surface area (Å²) >= 11 is 0. The molecular formula is C21H25N3O2. The molecule has 2 N–H and O–H groups in total. The molecule has 5 heteroatoms. The number of aromatic nitrogens is 1. The van der Waals surface area contributed by atoms with Gasteiger partial charge < -0.3 is 10.6 Å². The Kier molecular flexibility index (Phi) is 5.66. The zero-order chi connectivity index (χ0) is 18.5. The molecule has 1 aliphatic rings. The fraction of sp³-hybridized carbons (Fsp3) is 0.381. The molecule has 1 aromatic heterocycles. The number of carbonyl (C=O) groups is 2. The Bertz CT molecular complexity index is 785. The van der Waals surface area contributed by atoms with Crippen molar-refractivity contribution in [1.29, 1.82) is 0 Å². The van der Waals surface area contributed by atoms with Crippen molar-refractivity contribution >= 4 is 11.8 Å². The lowest BCUT2D eigenvalue weighted by atomic mass is 9.90. The summed E-state index contributed by atoms with van der Waals surface area (Å²) in [5.74, 6) is -0.362. The number of rotatable bonds is 7. The van der Waals surface area contributed by atoms with Crippen LogP contribution in [0.2, 0.25) is 0 Å². The minimum Gasteiger partial charge on any atom is -0.354 e. The molecule has 2 aromatic rings. The number of amides is 2. The number of nitrogens with one attached hydrogen (secondary N) is 2. The molecule has 1 aromatic carbocycles. The number of pyridine rings is 1. The van der Waals surface area contributed by atoms with E-state index >= 15 is 0 Å². The Morgan fingerprint density at radius 3 is 2.50 bits per heavy atom. The topological polar surface area (TPSA) is 71.1 Å². The van der Waals surface area contributed by atoms with Crippen molar-refractivity contribution < 1.29 is 9.59 Å². The zero-order valence-corrected chi connectivity index (χ0v) is 15.3. The van der Waals surface area contributed by atoms with Gasteiger partial charge in [-0.05, 0) is 37.0 Å². The fourth-order valence-corrected chi connectivity index (χ4v) is 3.06. The van der Waals surface area contributed by atoms with E-state index in [0.29, 0.717) is 5.56 Å². The van der Waals surface area contributed by atoms with Crippen LogP contribution in [-0.4, -0.2) is 29.9 Å². The van der Waals surface area contributed by atoms with E-state index in [-0.39, 0.29) is 29.5 Å². The monoisotopic (exact) mass is 351 g/mol. The van der Waals surface area contributed by atoms with Gasteiger partial charge in [-0.3, -0.25) is 9.59 Å². The molecule has 0 unspecified atom stereocenters. The van der Waals surface area contributed by atoms with Crippen LogP contribution in [0, 0.1) is 0 Å². The maximum Gasteiger partial charge on any atom is 0.269 e. The Morgan fingerprint density at radius 1 is 1.15 bits per heavy atom. The van der Waals surface area contributed by atoms with E-state index in [1.165, 1.54) is 0 Å². The van der Waals surface area contributed by atoms with Gasteiger partial charge in [0.1, 0.15) is 5.69 Å². The van der Waals surface area contributed by atoms with Crippen LogP contribution in [0.3, 0.4) is 0 Å². The van der Waals surface area contributed by atoms with E-state index in [4.69, 9.17) is 0 Å². The Labute approximate surface area is 154 Å². The maximum absolute atomic E-state index is 12.6. The third-order valence-electron chi connectivity index (χ3n) is 4.62. The van der Waals surface area contributed by atoms with Crippen LogP contribution in [0.1, 0.15) is 70.6 Å². The number of hydrogen-bond acceptors (Lipinski definition) is 3. The van der Waals surface area contributed by atoms with Crippen molar-refractivity contribution in [2.24, 2.45) is 0 Å². The molecule has 1 aliphatic carbocycles. The van der Waals surface area contributed by atoms with Crippen LogP contribution in [0.5, 0.6) is 0 Å². The molecule has 0 radical (unpaired) electrons. The van der Waals surface area contributed by atoms with Gasteiger partial charge in [0.15, 0.2) is 0 Å². The van der Waals surface area contributed by atoms with Crippen LogP contribution < -0.4 is 10.6 Å². The fourth-order valence-electron chi connectivity index (χ4n) is 3.06. The van der Waals surface area contributed by atoms with Crippen LogP contribution in [-0.2, 0) is 0 Å². The van der Waals surface area contributed by atoms with E-state index < -0.39 is 0 Å². The van der Waals surface area contributed by atoms with E-state index in [1.54, 1.807) is 13.1 Å². The van der Waals surface area contributed by atoms with Crippen molar-refractivity contribution in [2.45, 2.75) is 44.6 Å². The van der Waals surface area contributed by atoms with Crippen molar-refractivity contribution in [1.82, 2.24) is 15.6 Å². The minimum absolute atomic E-state index is 0.0540. The average molecular weight is 351 g/mol. The lowest BCUT2D eigenvalue weighted by Gasteiger charge is -2.18. The summed E-state index contributed by atoms with van der Waals surface area (Å²) in [6.07, 6.45) is 3.93. The molecule has 0 aliphatic heterocycles. The van der Waals surface area contributed by atoms with E-state index in [2.05, 4.69) is 34.7 Å². The van der Waals surface area contributed by atoms with E-state index in [1.807, 2.05) is 24.3 Å². The smallest absolute Gasteiger partial charge is 0.269 e. The first-order valence-electron chi connectivity index (χ1n) is 9.22. The number of carbonyl (C=O) groups excluding carboxylic acids is 2. The van der Waals surface area contributed by atoms with Gasteiger partial charge in [0.05, 0.1) is 0 Å². The molecule has 1 saturated carbocycles. The van der Waals surface area contributed by atoms with Gasteiger partial charge >= 0.3 is 0 Å². The van der Waals surface area contributed by atoms with Gasteiger partial charge in [-0.1, -0.05) is 43.7 Å². The summed E-state index contributed by atoms with van der Waals surface area (Å²) in [5.41, 5.74) is 2.69. The van der Waals surface area contributed by atoms with Crippen LogP contribution in [0.25, 0.3) is 0 Å². The second-order valence-electron chi connectivity index (χ2n) is 6.74. The second-order valence-corrected chi connectivity index (χ2v) is 6.74. The number of benzene rings is 1. The predicted molar refractivity (Wildman–Crippen MR) is 101 cm³/mol. The van der Waals surface area contributed by atoms with Gasteiger partial charge in [-0.25, -0.2) is 4.98 Å². The Hall–Kier alpha value is -2.69. The first-order valence-corrected chi connectivity index (χ1v) is 9.22. The maximum atomic E-state index is 12.6. The highest BCUT2D eigenvalue weighted by atomic mass is 16.2. The molecule has 0 spiro atoms. The second kappa shape index (κ2) is 8.13. The van der Waals surface area contributed by atoms with E-state index in [0.717, 1.165) is 36.9 Å². The SMILES string of the molecule is CCC[C@@H](c1ccccc1)c1cc(C(=O)NC2CC2)cc(C(=O)NC)n1. The van der Waals surface area contributed by atoms with Gasteiger partial charge in [0, 0.05) is 30.3 Å². The van der Waals surface area contributed by atoms with Gasteiger partial charge in [0.25, 0.3) is 11.8 Å². The molecule has 1 fully saturated rings. The van der Waals surface area contributed by atoms with Crippen LogP contribution >= 0.6 is 0 Å². The zero-order valence-electron chi connectivity index (χ0n) is 15.3. The number of hydrogen-bond donors (Lipinski definition) is 2. The highest BCUT2D eigenvalue weighted by Crippen LogP contribution is 2.29. The number of nitrogens with zero attached hydrogens (tertiary/aromatic N) is 1. The van der Waals surface area contributed by atoms with Gasteiger partial charge in [-0.2, -0.15) is 0 Å². The molecule has 0 bridgehead atoms. The molecule has 3 rings (SSSR count). The largest absolute Gasteiger partial charge is 0.354 e. The summed E-state index contributed by atoms with van der Waals surface area (Å²) in [7, 11) is 1.57. The molecule has 0 saturated heterocycles. The lowest BCUT2D eigenvalue weighted by Crippen LogP contribution is -2.27. The Balaban J connectivity index is 2.02. The molecule has 2 amide bonds. The van der Waals surface area contributed by atoms with E-state index in [9.17, 15) is 9.59 Å². The highest BCUT2D eigenvalue weighted by Gasteiger charge is 2.25. The lowest BCUT2D eigenvalue weighted by molar-refractivity contribution is 0.0951. The summed E-state index contributed by atoms with van der Waals surface area (Å²) in [4.78, 5) is 29.3. The van der Waals surface area contributed by atoms with Crippen LogP contribution in [0.4, 0.5) is 0 Å². The first kappa shape index (κ1) is 18.1. The van der Waals surface area contributed by atoms with Crippen molar-refractivity contribution in [2.75, 3.05) is 7.05 Å². The summed E-state index contributed by atoms with van der Waals surface area (Å²) in [5, 5.41) is 5.60. The first-order chi connectivity index (χ1) is 12.6. The minimum atomic E-state index is -0.282. The van der Waals surface area contributed by atoms with Gasteiger partial charge in [0.2, 0.25) is 0 Å². The summed E-state index contributed by atoms with van der Waals surface area (Å²) in [6.45, 7) is 2.12. The van der Waals surface area contributed by atoms with Crippen LogP contribution in [0.15, 0.2) is 42.5 Å². The quantitative estimate of drug-likeness (QED) is 0.804. The Morgan fingerprint density at radius 2 is 1.88 bits per heavy atom. The normalized spacial score (nSPS) is 14.5. The molecular weight excluding hydrogens is 326 g/mol. The predicted octanol–water partition coefficient (Wildman–Crippen LogP) is 3.27. The standard InChI is InChI=1S/C21H25N3O2/c1-3-7-17(14-8-5-4-6-9-14)18-12-15(20(25)23-16-10-11-16)13-19(24-18)21(26)22-2/h4-6,8-9,12-13,16-17H,3,7,10-11H2,1-2H3,(H,22,26)(H,23,25)/t17-/m0/s1. The summed E-state index contributed by atoms with van der Waals surface area (Å²) in [6, 6.07) is 13.8. The van der Waals surface area contributed by atoms with Crippen molar-refractivity contribution in [3.63, 3.8) is 0 Å². The molecule has 1 heterocycles. The molecule has 136 valence electrons. The third kappa shape index (κ3) is 4.28. The third-order valence-corrected chi connectivity index (χ3v) is 4.62. The molecule has 26 heavy (non-hydrogen) atoms. The molecule has 1 atom stereocenters. The summed E-state index contributed by atoms with van der Waals surface area (Å²) < 4.78 is 0. The highest BCUT2D eigenvalue weighted by molar-refractivity contribution is 5.98. The van der Waals surface area contributed by atoms with Crippen molar-refractivity contribution in [3.05, 3.63) is 65.0 Å². The van der Waals surface area contributed by atoms with Gasteiger partial charge in [-0.15, -0.1) is 0 Å². The van der Waals surface area contributed by atoms with Crippen molar-refractivity contribution in [3.8, 4) is 0 Å².